The van der Waals surface area contributed by atoms with Crippen LogP contribution in [0.25, 0.3) is 6.08 Å². The highest BCUT2D eigenvalue weighted by Gasteiger charge is 2.29. The van der Waals surface area contributed by atoms with Gasteiger partial charge in [-0.3, -0.25) is 0 Å². The molecule has 1 atom stereocenters. The maximum absolute atomic E-state index is 13.4. The Hall–Kier alpha value is -2.99. The van der Waals surface area contributed by atoms with E-state index >= 15 is 0 Å². The topological polar surface area (TPSA) is 51.4 Å². The van der Waals surface area contributed by atoms with E-state index in [4.69, 9.17) is 9.26 Å². The van der Waals surface area contributed by atoms with Gasteiger partial charge in [0.25, 0.3) is 0 Å². The molecular weight excluding hydrogens is 417 g/mol. The van der Waals surface area contributed by atoms with Crippen molar-refractivity contribution in [3.8, 4) is 5.75 Å². The summed E-state index contributed by atoms with van der Waals surface area (Å²) in [6.07, 6.45) is 9.33. The van der Waals surface area contributed by atoms with Gasteiger partial charge >= 0.3 is 0 Å². The molecule has 33 heavy (non-hydrogen) atoms. The number of nitrogens with zero attached hydrogens (tertiary/aromatic N) is 3. The van der Waals surface area contributed by atoms with Gasteiger partial charge in [-0.25, -0.2) is 4.39 Å². The zero-order valence-corrected chi connectivity index (χ0v) is 19.6. The summed E-state index contributed by atoms with van der Waals surface area (Å²) in [5, 5.41) is 4.11. The molecule has 0 saturated heterocycles. The monoisotopic (exact) mass is 449 g/mol. The second-order valence-electron chi connectivity index (χ2n) is 9.07. The van der Waals surface area contributed by atoms with Gasteiger partial charge in [0.15, 0.2) is 5.82 Å². The van der Waals surface area contributed by atoms with Crippen molar-refractivity contribution in [3.05, 3.63) is 83.3 Å². The van der Waals surface area contributed by atoms with Gasteiger partial charge < -0.3 is 14.2 Å². The number of hydrogen-bond acceptors (Lipinski definition) is 5. The summed E-state index contributed by atoms with van der Waals surface area (Å²) in [6.45, 7) is 0. The van der Waals surface area contributed by atoms with Crippen molar-refractivity contribution in [2.75, 3.05) is 21.2 Å². The molecule has 174 valence electrons. The van der Waals surface area contributed by atoms with Gasteiger partial charge in [-0.2, -0.15) is 4.98 Å². The first-order valence-electron chi connectivity index (χ1n) is 11.6. The number of hydrogen-bond donors (Lipinski definition) is 0. The summed E-state index contributed by atoms with van der Waals surface area (Å²) in [6, 6.07) is 15.2. The van der Waals surface area contributed by atoms with E-state index in [0.29, 0.717) is 36.0 Å². The van der Waals surface area contributed by atoms with Crippen LogP contribution in [0.5, 0.6) is 5.75 Å². The van der Waals surface area contributed by atoms with Crippen LogP contribution in [0.4, 0.5) is 4.39 Å². The lowest BCUT2D eigenvalue weighted by Crippen LogP contribution is -2.30. The molecule has 6 heteroatoms. The first-order chi connectivity index (χ1) is 16.0. The summed E-state index contributed by atoms with van der Waals surface area (Å²) in [5.41, 5.74) is 2.30. The highest BCUT2D eigenvalue weighted by atomic mass is 19.1. The molecule has 1 aliphatic carbocycles. The minimum atomic E-state index is -0.182. The van der Waals surface area contributed by atoms with Crippen LogP contribution >= 0.6 is 0 Å². The van der Waals surface area contributed by atoms with Crippen molar-refractivity contribution >= 4 is 6.08 Å². The van der Waals surface area contributed by atoms with Crippen LogP contribution < -0.4 is 4.74 Å². The highest BCUT2D eigenvalue weighted by Crippen LogP contribution is 2.39. The first kappa shape index (κ1) is 23.2. The van der Waals surface area contributed by atoms with Crippen molar-refractivity contribution < 1.29 is 13.7 Å². The van der Waals surface area contributed by atoms with Gasteiger partial charge in [0.2, 0.25) is 5.89 Å². The first-order valence-corrected chi connectivity index (χ1v) is 11.6. The molecule has 4 rings (SSSR count). The van der Waals surface area contributed by atoms with Crippen molar-refractivity contribution in [1.29, 1.82) is 0 Å². The fraction of sp³-hybridized carbons (Fsp3) is 0.407. The Morgan fingerprint density at radius 1 is 1.06 bits per heavy atom. The molecule has 0 radical (unpaired) electrons. The standard InChI is InChI=1S/C27H32FN3O2/c1-31(2)27(22-11-13-23(28)14-12-22)21-9-4-19(5-10-21)8-17-26-29-25(30-33-26)18-20-6-15-24(32-3)16-7-20/h6-8,11-17,19,21,27H,4-5,9-10,18H2,1-3H3. The number of halogens is 1. The SMILES string of the molecule is COc1ccc(Cc2noc(C=CC3CCC(C(c4ccc(F)cc4)N(C)C)CC3)n2)cc1. The van der Waals surface area contributed by atoms with Crippen LogP contribution in [-0.4, -0.2) is 36.2 Å². The van der Waals surface area contributed by atoms with Crippen molar-refractivity contribution in [2.45, 2.75) is 38.1 Å². The maximum Gasteiger partial charge on any atom is 0.250 e. The third-order valence-electron chi connectivity index (χ3n) is 6.55. The predicted molar refractivity (Wildman–Crippen MR) is 127 cm³/mol. The maximum atomic E-state index is 13.4. The van der Waals surface area contributed by atoms with Crippen LogP contribution in [0.15, 0.2) is 59.1 Å². The van der Waals surface area contributed by atoms with Gasteiger partial charge in [-0.15, -0.1) is 0 Å². The Labute approximate surface area is 195 Å². The fourth-order valence-electron chi connectivity index (χ4n) is 4.86. The average molecular weight is 450 g/mol. The van der Waals surface area contributed by atoms with Crippen LogP contribution in [0.3, 0.4) is 0 Å². The van der Waals surface area contributed by atoms with Crippen molar-refractivity contribution in [2.24, 2.45) is 11.8 Å². The molecule has 0 amide bonds. The lowest BCUT2D eigenvalue weighted by Gasteiger charge is -2.37. The van der Waals surface area contributed by atoms with Crippen molar-refractivity contribution in [1.82, 2.24) is 15.0 Å². The van der Waals surface area contributed by atoms with E-state index in [1.807, 2.05) is 42.5 Å². The van der Waals surface area contributed by atoms with E-state index in [2.05, 4.69) is 35.2 Å². The lowest BCUT2D eigenvalue weighted by molar-refractivity contribution is 0.159. The summed E-state index contributed by atoms with van der Waals surface area (Å²) >= 11 is 0. The second-order valence-corrected chi connectivity index (χ2v) is 9.07. The van der Waals surface area contributed by atoms with Gasteiger partial charge in [-0.1, -0.05) is 35.5 Å². The number of rotatable bonds is 8. The molecule has 5 nitrogen and oxygen atoms in total. The smallest absolute Gasteiger partial charge is 0.250 e. The largest absolute Gasteiger partial charge is 0.497 e. The van der Waals surface area contributed by atoms with E-state index < -0.39 is 0 Å². The Morgan fingerprint density at radius 2 is 1.76 bits per heavy atom. The van der Waals surface area contributed by atoms with Gasteiger partial charge in [-0.05, 0) is 93.1 Å². The Bertz CT molecular complexity index is 1040. The number of benzene rings is 2. The van der Waals surface area contributed by atoms with E-state index in [9.17, 15) is 4.39 Å². The molecule has 0 N–H and O–H groups in total. The molecule has 1 aromatic heterocycles. The number of aromatic nitrogens is 2. The molecule has 1 aliphatic rings. The zero-order chi connectivity index (χ0) is 23.2. The van der Waals surface area contributed by atoms with Gasteiger partial charge in [0, 0.05) is 12.5 Å². The summed E-state index contributed by atoms with van der Waals surface area (Å²) in [7, 11) is 5.88. The summed E-state index contributed by atoms with van der Waals surface area (Å²) < 4.78 is 24.0. The summed E-state index contributed by atoms with van der Waals surface area (Å²) in [4.78, 5) is 6.77. The number of allylic oxidation sites excluding steroid dienone is 1. The molecule has 2 aromatic carbocycles. The number of ether oxygens (including phenoxy) is 1. The molecule has 1 saturated carbocycles. The zero-order valence-electron chi connectivity index (χ0n) is 19.6. The molecule has 0 aliphatic heterocycles. The molecule has 1 unspecified atom stereocenters. The molecule has 1 fully saturated rings. The molecule has 0 spiro atoms. The van der Waals surface area contributed by atoms with E-state index in [1.54, 1.807) is 19.2 Å². The van der Waals surface area contributed by atoms with E-state index in [1.165, 1.54) is 5.56 Å². The third-order valence-corrected chi connectivity index (χ3v) is 6.55. The van der Waals surface area contributed by atoms with E-state index in [-0.39, 0.29) is 5.82 Å². The van der Waals surface area contributed by atoms with Crippen LogP contribution in [0, 0.1) is 17.7 Å². The van der Waals surface area contributed by atoms with Crippen LogP contribution in [0.1, 0.15) is 54.6 Å². The minimum Gasteiger partial charge on any atom is -0.497 e. The predicted octanol–water partition coefficient (Wildman–Crippen LogP) is 5.93. The van der Waals surface area contributed by atoms with Crippen LogP contribution in [0.2, 0.25) is 0 Å². The Morgan fingerprint density at radius 3 is 2.39 bits per heavy atom. The Balaban J connectivity index is 1.31. The quantitative estimate of drug-likeness (QED) is 0.427. The molecule has 3 aromatic rings. The van der Waals surface area contributed by atoms with Crippen LogP contribution in [-0.2, 0) is 6.42 Å². The molecular formula is C27H32FN3O2. The summed E-state index contributed by atoms with van der Waals surface area (Å²) in [5.74, 6) is 2.96. The molecule has 0 bridgehead atoms. The van der Waals surface area contributed by atoms with Gasteiger partial charge in [0.05, 0.1) is 7.11 Å². The van der Waals surface area contributed by atoms with Crippen molar-refractivity contribution in [3.63, 3.8) is 0 Å². The minimum absolute atomic E-state index is 0.182. The average Bonchev–Trinajstić information content (AvgIpc) is 3.27. The second kappa shape index (κ2) is 10.8. The fourth-order valence-corrected chi connectivity index (χ4v) is 4.86. The normalized spacial score (nSPS) is 19.8. The van der Waals surface area contributed by atoms with E-state index in [0.717, 1.165) is 37.0 Å². The third kappa shape index (κ3) is 6.08. The number of methoxy groups -OCH3 is 1. The molecule has 1 heterocycles. The lowest BCUT2D eigenvalue weighted by atomic mass is 9.76. The highest BCUT2D eigenvalue weighted by molar-refractivity contribution is 5.38. The Kier molecular flexibility index (Phi) is 7.55. The van der Waals surface area contributed by atoms with Gasteiger partial charge in [0.1, 0.15) is 11.6 Å².